The van der Waals surface area contributed by atoms with E-state index in [9.17, 15) is 9.59 Å². The van der Waals surface area contributed by atoms with Crippen molar-refractivity contribution in [3.8, 4) is 11.5 Å². The van der Waals surface area contributed by atoms with Gasteiger partial charge in [0.15, 0.2) is 5.13 Å². The summed E-state index contributed by atoms with van der Waals surface area (Å²) in [5.74, 6) is 0.409. The van der Waals surface area contributed by atoms with Crippen molar-refractivity contribution < 1.29 is 19.1 Å². The lowest BCUT2D eigenvalue weighted by Gasteiger charge is -2.15. The van der Waals surface area contributed by atoms with E-state index in [1.165, 1.54) is 25.6 Å². The van der Waals surface area contributed by atoms with Gasteiger partial charge in [0.1, 0.15) is 17.2 Å². The van der Waals surface area contributed by atoms with Crippen molar-refractivity contribution in [1.82, 2.24) is 15.2 Å². The van der Waals surface area contributed by atoms with Gasteiger partial charge in [-0.25, -0.2) is 4.98 Å². The number of likely N-dealkylation sites (N-methyl/N-ethyl adjacent to an activating group) is 2. The molecule has 1 heterocycles. The number of methoxy groups -OCH3 is 2. The third kappa shape index (κ3) is 6.52. The van der Waals surface area contributed by atoms with Gasteiger partial charge in [-0.05, 0) is 19.2 Å². The molecule has 1 aromatic heterocycles. The molecule has 0 aliphatic heterocycles. The summed E-state index contributed by atoms with van der Waals surface area (Å²) in [5, 5.41) is 7.65. The van der Waals surface area contributed by atoms with E-state index in [4.69, 9.17) is 9.47 Å². The molecule has 0 fully saturated rings. The molecule has 0 spiro atoms. The minimum absolute atomic E-state index is 0. The SMILES string of the molecule is CNCCN(C)C(=O)c1csc(NC(=O)c2ccc(OC)cc2OC)n1.Cl.Cl. The molecule has 2 rings (SSSR count). The van der Waals surface area contributed by atoms with Gasteiger partial charge in [0.2, 0.25) is 0 Å². The Morgan fingerprint density at radius 3 is 2.54 bits per heavy atom. The molecule has 0 saturated carbocycles. The van der Waals surface area contributed by atoms with E-state index < -0.39 is 0 Å². The van der Waals surface area contributed by atoms with E-state index in [0.717, 1.165) is 0 Å². The fraction of sp³-hybridized carbons (Fsp3) is 0.353. The van der Waals surface area contributed by atoms with Gasteiger partial charge in [-0.1, -0.05) is 0 Å². The maximum absolute atomic E-state index is 12.5. The number of hydrogen-bond donors (Lipinski definition) is 2. The number of halogens is 2. The molecule has 28 heavy (non-hydrogen) atoms. The predicted molar refractivity (Wildman–Crippen MR) is 115 cm³/mol. The number of nitrogens with zero attached hydrogens (tertiary/aromatic N) is 2. The summed E-state index contributed by atoms with van der Waals surface area (Å²) < 4.78 is 10.4. The highest BCUT2D eigenvalue weighted by atomic mass is 35.5. The minimum Gasteiger partial charge on any atom is -0.497 e. The molecule has 0 aliphatic carbocycles. The van der Waals surface area contributed by atoms with Gasteiger partial charge in [0.05, 0.1) is 19.8 Å². The highest BCUT2D eigenvalue weighted by molar-refractivity contribution is 7.14. The van der Waals surface area contributed by atoms with E-state index in [-0.39, 0.29) is 36.6 Å². The quantitative estimate of drug-likeness (QED) is 0.641. The summed E-state index contributed by atoms with van der Waals surface area (Å²) in [7, 11) is 6.55. The van der Waals surface area contributed by atoms with Gasteiger partial charge in [-0.15, -0.1) is 36.2 Å². The first-order valence-electron chi connectivity index (χ1n) is 7.89. The smallest absolute Gasteiger partial charge is 0.273 e. The molecule has 2 aromatic rings. The van der Waals surface area contributed by atoms with Crippen molar-refractivity contribution in [3.63, 3.8) is 0 Å². The molecule has 0 bridgehead atoms. The topological polar surface area (TPSA) is 92.8 Å². The molecular formula is C17H24Cl2N4O4S. The molecular weight excluding hydrogens is 427 g/mol. The van der Waals surface area contributed by atoms with Crippen LogP contribution in [0.4, 0.5) is 5.13 Å². The third-order valence-corrected chi connectivity index (χ3v) is 4.40. The van der Waals surface area contributed by atoms with E-state index in [0.29, 0.717) is 41.0 Å². The lowest BCUT2D eigenvalue weighted by atomic mass is 10.2. The van der Waals surface area contributed by atoms with Crippen molar-refractivity contribution in [3.05, 3.63) is 34.8 Å². The Hall–Kier alpha value is -2.07. The molecule has 2 N–H and O–H groups in total. The molecule has 156 valence electrons. The first kappa shape index (κ1) is 25.9. The predicted octanol–water partition coefficient (Wildman–Crippen LogP) is 2.55. The van der Waals surface area contributed by atoms with E-state index in [2.05, 4.69) is 15.6 Å². The standard InChI is InChI=1S/C17H22N4O4S.2ClH/c1-18-7-8-21(2)16(23)13-10-26-17(19-13)20-15(22)12-6-5-11(24-3)9-14(12)25-4;;/h5-6,9-10,18H,7-8H2,1-4H3,(H,19,20,22);2*1H. The Kier molecular flexibility index (Phi) is 11.5. The van der Waals surface area contributed by atoms with Crippen LogP contribution in [0.15, 0.2) is 23.6 Å². The number of amides is 2. The first-order valence-corrected chi connectivity index (χ1v) is 8.77. The van der Waals surface area contributed by atoms with E-state index in [1.807, 2.05) is 7.05 Å². The minimum atomic E-state index is -0.374. The molecule has 0 saturated heterocycles. The third-order valence-electron chi connectivity index (χ3n) is 3.64. The van der Waals surface area contributed by atoms with Gasteiger partial charge in [-0.3, -0.25) is 14.9 Å². The number of anilines is 1. The fourth-order valence-electron chi connectivity index (χ4n) is 2.16. The van der Waals surface area contributed by atoms with Crippen LogP contribution in [-0.4, -0.2) is 63.1 Å². The average molecular weight is 451 g/mol. The molecule has 0 unspecified atom stereocenters. The van der Waals surface area contributed by atoms with Crippen LogP contribution in [0, 0.1) is 0 Å². The number of carbonyl (C=O) groups excluding carboxylic acids is 2. The van der Waals surface area contributed by atoms with Crippen LogP contribution in [0.5, 0.6) is 11.5 Å². The Bertz CT molecular complexity index is 788. The second kappa shape index (κ2) is 12.4. The van der Waals surface area contributed by atoms with Gasteiger partial charge in [0.25, 0.3) is 11.8 Å². The molecule has 8 nitrogen and oxygen atoms in total. The summed E-state index contributed by atoms with van der Waals surface area (Å²) in [6, 6.07) is 4.91. The van der Waals surface area contributed by atoms with Crippen LogP contribution in [0.2, 0.25) is 0 Å². The van der Waals surface area contributed by atoms with Crippen LogP contribution < -0.4 is 20.1 Å². The van der Waals surface area contributed by atoms with Crippen molar-refractivity contribution in [2.75, 3.05) is 46.7 Å². The molecule has 2 amide bonds. The summed E-state index contributed by atoms with van der Waals surface area (Å²) in [5.41, 5.74) is 0.646. The lowest BCUT2D eigenvalue weighted by Crippen LogP contribution is -2.32. The fourth-order valence-corrected chi connectivity index (χ4v) is 2.84. The van der Waals surface area contributed by atoms with Gasteiger partial charge >= 0.3 is 0 Å². The monoisotopic (exact) mass is 450 g/mol. The van der Waals surface area contributed by atoms with Crippen LogP contribution in [-0.2, 0) is 0 Å². The molecule has 11 heteroatoms. The Morgan fingerprint density at radius 2 is 1.93 bits per heavy atom. The number of aromatic nitrogens is 1. The Balaban J connectivity index is 0.00000364. The first-order chi connectivity index (χ1) is 12.5. The van der Waals surface area contributed by atoms with Crippen molar-refractivity contribution >= 4 is 53.1 Å². The lowest BCUT2D eigenvalue weighted by molar-refractivity contribution is 0.0791. The second-order valence-corrected chi connectivity index (χ2v) is 6.25. The number of carbonyl (C=O) groups is 2. The van der Waals surface area contributed by atoms with Crippen LogP contribution in [0.3, 0.4) is 0 Å². The number of hydrogen-bond acceptors (Lipinski definition) is 7. The summed E-state index contributed by atoms with van der Waals surface area (Å²) in [6.45, 7) is 1.25. The average Bonchev–Trinajstić information content (AvgIpc) is 3.12. The maximum Gasteiger partial charge on any atom is 0.273 e. The summed E-state index contributed by atoms with van der Waals surface area (Å²) in [6.07, 6.45) is 0. The zero-order chi connectivity index (χ0) is 19.1. The largest absolute Gasteiger partial charge is 0.497 e. The van der Waals surface area contributed by atoms with Crippen molar-refractivity contribution in [1.29, 1.82) is 0 Å². The number of ether oxygens (including phenoxy) is 2. The normalized spacial score (nSPS) is 9.57. The maximum atomic E-state index is 12.5. The van der Waals surface area contributed by atoms with Crippen molar-refractivity contribution in [2.45, 2.75) is 0 Å². The van der Waals surface area contributed by atoms with Crippen molar-refractivity contribution in [2.24, 2.45) is 0 Å². The van der Waals surface area contributed by atoms with Crippen LogP contribution in [0.1, 0.15) is 20.8 Å². The second-order valence-electron chi connectivity index (χ2n) is 5.39. The summed E-state index contributed by atoms with van der Waals surface area (Å²) >= 11 is 1.19. The zero-order valence-corrected chi connectivity index (χ0v) is 18.4. The van der Waals surface area contributed by atoms with Gasteiger partial charge in [-0.2, -0.15) is 0 Å². The molecule has 0 atom stereocenters. The molecule has 0 aliphatic rings. The molecule has 1 aromatic carbocycles. The van der Waals surface area contributed by atoms with Crippen LogP contribution in [0.25, 0.3) is 0 Å². The highest BCUT2D eigenvalue weighted by Gasteiger charge is 2.18. The van der Waals surface area contributed by atoms with Crippen LogP contribution >= 0.6 is 36.2 Å². The Labute approximate surface area is 180 Å². The van der Waals surface area contributed by atoms with Gasteiger partial charge < -0.3 is 19.7 Å². The van der Waals surface area contributed by atoms with E-state index in [1.54, 1.807) is 35.5 Å². The van der Waals surface area contributed by atoms with Gasteiger partial charge in [0, 0.05) is 31.6 Å². The number of rotatable bonds is 8. The number of nitrogens with one attached hydrogen (secondary N) is 2. The zero-order valence-electron chi connectivity index (χ0n) is 16.0. The Morgan fingerprint density at radius 1 is 1.21 bits per heavy atom. The highest BCUT2D eigenvalue weighted by Crippen LogP contribution is 2.26. The number of benzene rings is 1. The van der Waals surface area contributed by atoms with E-state index >= 15 is 0 Å². The number of thiazole rings is 1. The molecule has 0 radical (unpaired) electrons. The summed E-state index contributed by atoms with van der Waals surface area (Å²) in [4.78, 5) is 30.5.